The molecule has 2 saturated heterocycles. The Balaban J connectivity index is 1.84. The van der Waals surface area contributed by atoms with Crippen LogP contribution in [0.3, 0.4) is 0 Å². The normalized spacial score (nSPS) is 34.4. The summed E-state index contributed by atoms with van der Waals surface area (Å²) in [5.41, 5.74) is 0. The van der Waals surface area contributed by atoms with Crippen LogP contribution >= 0.6 is 10.6 Å². The van der Waals surface area contributed by atoms with Crippen molar-refractivity contribution in [1.29, 1.82) is 0 Å². The van der Waals surface area contributed by atoms with Crippen LogP contribution in [0.4, 0.5) is 0 Å². The monoisotopic (exact) mass is 164 g/mol. The first kappa shape index (κ1) is 6.91. The van der Waals surface area contributed by atoms with Gasteiger partial charge >= 0.3 is 0 Å². The molecule has 0 unspecified atom stereocenters. The van der Waals surface area contributed by atoms with Crippen LogP contribution in [-0.2, 0) is 13.4 Å². The SMILES string of the molecule is C1COCCCS2(C1)OO2. The third-order valence-corrected chi connectivity index (χ3v) is 4.09. The predicted molar refractivity (Wildman–Crippen MR) is 39.5 cm³/mol. The fourth-order valence-corrected chi connectivity index (χ4v) is 3.05. The van der Waals surface area contributed by atoms with E-state index < -0.39 is 10.6 Å². The average molecular weight is 164 g/mol. The third-order valence-electron chi connectivity index (χ3n) is 1.75. The molecule has 10 heavy (non-hydrogen) atoms. The molecule has 0 atom stereocenters. The number of rotatable bonds is 0. The highest BCUT2D eigenvalue weighted by Crippen LogP contribution is 2.66. The second-order valence-corrected chi connectivity index (χ2v) is 5.18. The zero-order valence-electron chi connectivity index (χ0n) is 5.88. The van der Waals surface area contributed by atoms with Crippen molar-refractivity contribution in [2.45, 2.75) is 12.8 Å². The van der Waals surface area contributed by atoms with Gasteiger partial charge in [0.15, 0.2) is 0 Å². The predicted octanol–water partition coefficient (Wildman–Crippen LogP) is 1.39. The molecule has 2 rings (SSSR count). The van der Waals surface area contributed by atoms with Gasteiger partial charge in [-0.2, -0.15) is 0 Å². The van der Waals surface area contributed by atoms with Crippen molar-refractivity contribution in [2.75, 3.05) is 24.7 Å². The fourth-order valence-electron chi connectivity index (χ4n) is 1.14. The molecule has 0 radical (unpaired) electrons. The van der Waals surface area contributed by atoms with Crippen molar-refractivity contribution in [3.63, 3.8) is 0 Å². The minimum absolute atomic E-state index is 0.876. The van der Waals surface area contributed by atoms with Gasteiger partial charge in [-0.3, -0.25) is 0 Å². The van der Waals surface area contributed by atoms with Gasteiger partial charge in [0.25, 0.3) is 0 Å². The highest BCUT2D eigenvalue weighted by atomic mass is 32.3. The van der Waals surface area contributed by atoms with Gasteiger partial charge in [-0.05, 0) is 12.8 Å². The highest BCUT2D eigenvalue weighted by Gasteiger charge is 2.38. The van der Waals surface area contributed by atoms with E-state index in [1.807, 2.05) is 0 Å². The van der Waals surface area contributed by atoms with E-state index in [0.717, 1.165) is 37.6 Å². The largest absolute Gasteiger partial charge is 0.381 e. The molecular weight excluding hydrogens is 152 g/mol. The number of hydrogen-bond acceptors (Lipinski definition) is 3. The first-order chi connectivity index (χ1) is 4.91. The van der Waals surface area contributed by atoms with Crippen molar-refractivity contribution in [2.24, 2.45) is 0 Å². The van der Waals surface area contributed by atoms with Crippen LogP contribution in [0.25, 0.3) is 0 Å². The second-order valence-electron chi connectivity index (χ2n) is 2.61. The zero-order chi connectivity index (χ0) is 6.86. The van der Waals surface area contributed by atoms with E-state index in [1.165, 1.54) is 0 Å². The van der Waals surface area contributed by atoms with Gasteiger partial charge in [0.05, 0.1) is 0 Å². The minimum Gasteiger partial charge on any atom is -0.381 e. The first-order valence-corrected chi connectivity index (χ1v) is 5.48. The Kier molecular flexibility index (Phi) is 1.86. The van der Waals surface area contributed by atoms with Gasteiger partial charge in [0.2, 0.25) is 0 Å². The second kappa shape index (κ2) is 2.70. The van der Waals surface area contributed by atoms with E-state index in [2.05, 4.69) is 0 Å². The molecule has 0 aromatic heterocycles. The van der Waals surface area contributed by atoms with Gasteiger partial charge in [-0.1, -0.05) is 0 Å². The van der Waals surface area contributed by atoms with Crippen LogP contribution in [0.5, 0.6) is 0 Å². The van der Waals surface area contributed by atoms with E-state index >= 15 is 0 Å². The number of ether oxygens (including phenoxy) is 1. The van der Waals surface area contributed by atoms with E-state index in [-0.39, 0.29) is 0 Å². The summed E-state index contributed by atoms with van der Waals surface area (Å²) in [6.45, 7) is 1.75. The molecule has 2 heterocycles. The number of hydrogen-bond donors (Lipinski definition) is 0. The van der Waals surface area contributed by atoms with Crippen molar-refractivity contribution >= 4 is 10.6 Å². The molecule has 1 spiro atoms. The Hall–Kier alpha value is 0.230. The van der Waals surface area contributed by atoms with Gasteiger partial charge < -0.3 is 4.74 Å². The summed E-state index contributed by atoms with van der Waals surface area (Å²) in [5, 5.41) is 0. The maximum atomic E-state index is 5.30. The lowest BCUT2D eigenvalue weighted by Gasteiger charge is -2.17. The van der Waals surface area contributed by atoms with E-state index in [1.54, 1.807) is 0 Å². The summed E-state index contributed by atoms with van der Waals surface area (Å²) in [5.74, 6) is 2.15. The molecule has 0 aromatic carbocycles. The lowest BCUT2D eigenvalue weighted by atomic mass is 10.5. The molecule has 0 aliphatic carbocycles. The molecule has 0 N–H and O–H groups in total. The van der Waals surface area contributed by atoms with Crippen LogP contribution in [0, 0.1) is 0 Å². The van der Waals surface area contributed by atoms with Gasteiger partial charge in [0, 0.05) is 24.7 Å². The Bertz CT molecular complexity index is 114. The van der Waals surface area contributed by atoms with Crippen molar-refractivity contribution in [3.05, 3.63) is 0 Å². The van der Waals surface area contributed by atoms with Crippen molar-refractivity contribution in [1.82, 2.24) is 0 Å². The fraction of sp³-hybridized carbons (Fsp3) is 1.00. The van der Waals surface area contributed by atoms with Crippen LogP contribution in [0.1, 0.15) is 12.8 Å². The van der Waals surface area contributed by atoms with Crippen LogP contribution in [0.2, 0.25) is 0 Å². The Labute approximate surface area is 62.3 Å². The molecule has 3 nitrogen and oxygen atoms in total. The lowest BCUT2D eigenvalue weighted by Crippen LogP contribution is -2.08. The molecule has 2 fully saturated rings. The maximum Gasteiger partial charge on any atom is 0.0481 e. The van der Waals surface area contributed by atoms with Gasteiger partial charge in [-0.25, -0.2) is 0 Å². The molecule has 4 heteroatoms. The van der Waals surface area contributed by atoms with Gasteiger partial charge in [0.1, 0.15) is 0 Å². The summed E-state index contributed by atoms with van der Waals surface area (Å²) in [6, 6.07) is 0. The van der Waals surface area contributed by atoms with E-state index in [9.17, 15) is 0 Å². The molecule has 0 aromatic rings. The van der Waals surface area contributed by atoms with E-state index in [4.69, 9.17) is 13.4 Å². The Morgan fingerprint density at radius 1 is 0.900 bits per heavy atom. The minimum atomic E-state index is -0.973. The summed E-state index contributed by atoms with van der Waals surface area (Å²) < 4.78 is 15.3. The zero-order valence-corrected chi connectivity index (χ0v) is 6.69. The van der Waals surface area contributed by atoms with Gasteiger partial charge in [-0.15, -0.1) is 19.3 Å². The van der Waals surface area contributed by atoms with E-state index in [0.29, 0.717) is 0 Å². The van der Waals surface area contributed by atoms with Crippen molar-refractivity contribution < 1.29 is 13.4 Å². The molecule has 2 aliphatic heterocycles. The van der Waals surface area contributed by atoms with Crippen LogP contribution in [0.15, 0.2) is 0 Å². The van der Waals surface area contributed by atoms with Crippen molar-refractivity contribution in [3.8, 4) is 0 Å². The summed E-state index contributed by atoms with van der Waals surface area (Å²) >= 11 is 0. The third kappa shape index (κ3) is 1.45. The Morgan fingerprint density at radius 3 is 2.00 bits per heavy atom. The smallest absolute Gasteiger partial charge is 0.0481 e. The summed E-state index contributed by atoms with van der Waals surface area (Å²) in [7, 11) is -0.973. The molecule has 2 aliphatic rings. The lowest BCUT2D eigenvalue weighted by molar-refractivity contribution is 0.0850. The molecule has 0 saturated carbocycles. The highest BCUT2D eigenvalue weighted by molar-refractivity contribution is 8.29. The average Bonchev–Trinajstić information content (AvgIpc) is 2.61. The quantitative estimate of drug-likeness (QED) is 0.401. The van der Waals surface area contributed by atoms with Crippen LogP contribution < -0.4 is 0 Å². The molecular formula is C6H12O3S. The topological polar surface area (TPSA) is 34.3 Å². The molecule has 0 bridgehead atoms. The summed E-state index contributed by atoms with van der Waals surface area (Å²) in [4.78, 5) is 0. The first-order valence-electron chi connectivity index (χ1n) is 3.65. The Morgan fingerprint density at radius 2 is 1.50 bits per heavy atom. The summed E-state index contributed by atoms with van der Waals surface area (Å²) in [6.07, 6.45) is 2.19. The standard InChI is InChI=1S/C6H12O3S/c1-3-7-4-2-6-10(5-1)8-9-10/h1-6H2. The maximum absolute atomic E-state index is 5.30. The molecule has 60 valence electrons. The van der Waals surface area contributed by atoms with Crippen LogP contribution in [-0.4, -0.2) is 24.7 Å². The molecule has 0 amide bonds.